The number of amidine groups is 1. The number of benzene rings is 1. The number of hydrogen-bond donors (Lipinski definition) is 1. The molecule has 2 N–H and O–H groups in total. The molecular formula is C17H21N4O4P. The summed E-state index contributed by atoms with van der Waals surface area (Å²) in [7, 11) is -2.64. The molecule has 0 aromatic heterocycles. The molecule has 0 saturated carbocycles. The molecule has 0 radical (unpaired) electrons. The second-order valence-electron chi connectivity index (χ2n) is 5.64. The van der Waals surface area contributed by atoms with E-state index < -0.39 is 8.25 Å². The number of aliphatic imine (C=N–C) groups is 1. The summed E-state index contributed by atoms with van der Waals surface area (Å²) >= 11 is 0. The van der Waals surface area contributed by atoms with E-state index in [-0.39, 0.29) is 18.9 Å². The maximum atomic E-state index is 11.9. The van der Waals surface area contributed by atoms with Gasteiger partial charge in [-0.25, -0.2) is 14.6 Å². The van der Waals surface area contributed by atoms with Crippen LogP contribution in [0.3, 0.4) is 0 Å². The number of nitrogens with two attached hydrogens (primary N) is 1. The van der Waals surface area contributed by atoms with Gasteiger partial charge >= 0.3 is 8.25 Å². The molecule has 2 unspecified atom stereocenters. The van der Waals surface area contributed by atoms with E-state index in [9.17, 15) is 4.57 Å². The van der Waals surface area contributed by atoms with Crippen molar-refractivity contribution in [2.45, 2.75) is 25.2 Å². The quantitative estimate of drug-likeness (QED) is 0.735. The average molecular weight is 376 g/mol. The number of hydrogen-bond acceptors (Lipinski definition) is 8. The van der Waals surface area contributed by atoms with Gasteiger partial charge in [0.1, 0.15) is 17.8 Å². The Hall–Kier alpha value is -2.41. The zero-order valence-corrected chi connectivity index (χ0v) is 15.2. The first kappa shape index (κ1) is 18.4. The third-order valence-electron chi connectivity index (χ3n) is 3.85. The van der Waals surface area contributed by atoms with E-state index >= 15 is 0 Å². The van der Waals surface area contributed by atoms with Crippen LogP contribution < -0.4 is 10.3 Å². The molecule has 1 saturated heterocycles. The Morgan fingerprint density at radius 3 is 2.96 bits per heavy atom. The van der Waals surface area contributed by atoms with Gasteiger partial charge in [0, 0.05) is 0 Å². The number of nitrogens with zero attached hydrogens (tertiary/aromatic N) is 3. The van der Waals surface area contributed by atoms with Gasteiger partial charge in [0.2, 0.25) is 0 Å². The number of rotatable bonds is 7. The molecule has 0 bridgehead atoms. The van der Waals surface area contributed by atoms with E-state index in [1.165, 1.54) is 6.34 Å². The third-order valence-corrected chi connectivity index (χ3v) is 4.65. The van der Waals surface area contributed by atoms with Gasteiger partial charge in [-0.3, -0.25) is 4.52 Å². The molecule has 1 aromatic rings. The van der Waals surface area contributed by atoms with Gasteiger partial charge in [0.25, 0.3) is 0 Å². The first-order valence-corrected chi connectivity index (χ1v) is 9.43. The zero-order valence-electron chi connectivity index (χ0n) is 14.2. The van der Waals surface area contributed by atoms with Crippen LogP contribution in [0.2, 0.25) is 0 Å². The predicted octanol–water partition coefficient (Wildman–Crippen LogP) is 2.66. The van der Waals surface area contributed by atoms with Crippen molar-refractivity contribution in [3.63, 3.8) is 0 Å². The Bertz CT molecular complexity index is 750. The summed E-state index contributed by atoms with van der Waals surface area (Å²) in [6.07, 6.45) is 5.72. The van der Waals surface area contributed by atoms with Crippen molar-refractivity contribution in [1.29, 1.82) is 0 Å². The number of ether oxygens (including phenoxy) is 1. The molecule has 2 aliphatic heterocycles. The second-order valence-corrected chi connectivity index (χ2v) is 6.64. The lowest BCUT2D eigenvalue weighted by atomic mass is 10.2. The van der Waals surface area contributed by atoms with Gasteiger partial charge in [-0.1, -0.05) is 30.9 Å². The summed E-state index contributed by atoms with van der Waals surface area (Å²) in [6, 6.07) is 8.91. The molecule has 138 valence electrons. The van der Waals surface area contributed by atoms with Crippen LogP contribution in [0.25, 0.3) is 0 Å². The zero-order chi connectivity index (χ0) is 18.4. The van der Waals surface area contributed by atoms with Crippen molar-refractivity contribution < 1.29 is 18.3 Å². The van der Waals surface area contributed by atoms with E-state index in [2.05, 4.69) is 16.7 Å². The number of para-hydroxylation sites is 1. The van der Waals surface area contributed by atoms with E-state index in [4.69, 9.17) is 19.5 Å². The SMILES string of the molecule is C=C/C=C1/C(N)=NC=NN1[C@H]1CCC(CO[PH](=O)Oc2ccccc2)O1. The normalized spacial score (nSPS) is 25.2. The largest absolute Gasteiger partial charge is 0.426 e. The fourth-order valence-corrected chi connectivity index (χ4v) is 3.37. The highest BCUT2D eigenvalue weighted by Gasteiger charge is 2.33. The van der Waals surface area contributed by atoms with Crippen LogP contribution in [-0.4, -0.2) is 36.1 Å². The summed E-state index contributed by atoms with van der Waals surface area (Å²) in [5.74, 6) is 0.864. The first-order valence-electron chi connectivity index (χ1n) is 8.20. The molecule has 26 heavy (non-hydrogen) atoms. The molecule has 0 spiro atoms. The fourth-order valence-electron chi connectivity index (χ4n) is 2.66. The minimum atomic E-state index is -2.64. The lowest BCUT2D eigenvalue weighted by Crippen LogP contribution is -2.38. The van der Waals surface area contributed by atoms with Crippen molar-refractivity contribution in [3.05, 3.63) is 54.8 Å². The minimum absolute atomic E-state index is 0.183. The Balaban J connectivity index is 1.50. The molecule has 8 nitrogen and oxygen atoms in total. The molecule has 1 aromatic carbocycles. The van der Waals surface area contributed by atoms with E-state index in [0.717, 1.165) is 12.8 Å². The van der Waals surface area contributed by atoms with Crippen LogP contribution in [0, 0.1) is 0 Å². The monoisotopic (exact) mass is 376 g/mol. The van der Waals surface area contributed by atoms with Crippen molar-refractivity contribution >= 4 is 20.4 Å². The van der Waals surface area contributed by atoms with Crippen molar-refractivity contribution in [2.75, 3.05) is 6.61 Å². The van der Waals surface area contributed by atoms with Gasteiger partial charge in [0.05, 0.1) is 12.7 Å². The average Bonchev–Trinajstić information content (AvgIpc) is 3.11. The highest BCUT2D eigenvalue weighted by atomic mass is 31.1. The third kappa shape index (κ3) is 4.60. The lowest BCUT2D eigenvalue weighted by molar-refractivity contribution is -0.0489. The smallest absolute Gasteiger partial charge is 0.367 e. The van der Waals surface area contributed by atoms with E-state index in [0.29, 0.717) is 17.3 Å². The van der Waals surface area contributed by atoms with Crippen LogP contribution in [0.1, 0.15) is 12.8 Å². The number of allylic oxidation sites excluding steroid dienone is 2. The molecule has 3 atom stereocenters. The standard InChI is InChI=1S/C17H21N4O4P/c1-2-6-15-17(18)19-12-20-21(15)16-10-9-14(24-16)11-23-26(22)25-13-7-4-3-5-8-13/h2-8,12,14,16,26H,1,9-11H2,(H2,18,19,20)/b15-6-/t14?,16-/m1/s1. The molecule has 2 heterocycles. The topological polar surface area (TPSA) is 98.7 Å². The Kier molecular flexibility index (Phi) is 6.22. The number of hydrazone groups is 1. The minimum Gasteiger partial charge on any atom is -0.426 e. The van der Waals surface area contributed by atoms with Gasteiger partial charge in [-0.2, -0.15) is 5.10 Å². The molecule has 2 aliphatic rings. The second kappa shape index (κ2) is 8.80. The summed E-state index contributed by atoms with van der Waals surface area (Å²) in [6.45, 7) is 3.86. The molecule has 3 rings (SSSR count). The van der Waals surface area contributed by atoms with Crippen molar-refractivity contribution in [1.82, 2.24) is 5.01 Å². The van der Waals surface area contributed by atoms with Crippen molar-refractivity contribution in [3.8, 4) is 5.75 Å². The van der Waals surface area contributed by atoms with Gasteiger partial charge < -0.3 is 15.0 Å². The highest BCUT2D eigenvalue weighted by molar-refractivity contribution is 7.33. The van der Waals surface area contributed by atoms with Gasteiger partial charge in [-0.05, 0) is 31.1 Å². The van der Waals surface area contributed by atoms with Crippen LogP contribution in [-0.2, 0) is 13.8 Å². The van der Waals surface area contributed by atoms with Crippen LogP contribution in [0.15, 0.2) is 64.9 Å². The molecule has 0 aliphatic carbocycles. The molecule has 0 amide bonds. The van der Waals surface area contributed by atoms with E-state index in [1.54, 1.807) is 41.4 Å². The predicted molar refractivity (Wildman–Crippen MR) is 100 cm³/mol. The Morgan fingerprint density at radius 2 is 2.19 bits per heavy atom. The van der Waals surface area contributed by atoms with Crippen LogP contribution in [0.5, 0.6) is 5.75 Å². The Morgan fingerprint density at radius 1 is 1.38 bits per heavy atom. The fraction of sp³-hybridized carbons (Fsp3) is 0.294. The molecule has 1 fully saturated rings. The van der Waals surface area contributed by atoms with Crippen LogP contribution >= 0.6 is 8.25 Å². The van der Waals surface area contributed by atoms with Crippen LogP contribution in [0.4, 0.5) is 0 Å². The summed E-state index contributed by atoms with van der Waals surface area (Å²) in [5, 5.41) is 5.90. The molecule has 9 heteroatoms. The highest BCUT2D eigenvalue weighted by Crippen LogP contribution is 2.31. The summed E-state index contributed by atoms with van der Waals surface area (Å²) < 4.78 is 28.5. The maximum absolute atomic E-state index is 11.9. The first-order chi connectivity index (χ1) is 12.7. The van der Waals surface area contributed by atoms with E-state index in [1.807, 2.05) is 6.07 Å². The maximum Gasteiger partial charge on any atom is 0.367 e. The summed E-state index contributed by atoms with van der Waals surface area (Å²) in [4.78, 5) is 3.98. The molecular weight excluding hydrogens is 355 g/mol. The van der Waals surface area contributed by atoms with Crippen molar-refractivity contribution in [2.24, 2.45) is 15.8 Å². The van der Waals surface area contributed by atoms with Gasteiger partial charge in [-0.15, -0.1) is 0 Å². The summed E-state index contributed by atoms with van der Waals surface area (Å²) in [5.41, 5.74) is 6.53. The lowest BCUT2D eigenvalue weighted by Gasteiger charge is -2.29. The van der Waals surface area contributed by atoms with Gasteiger partial charge in [0.15, 0.2) is 12.1 Å². The Labute approximate surface area is 152 Å².